The molecule has 3 rings (SSSR count). The minimum atomic E-state index is -0.355. The zero-order valence-electron chi connectivity index (χ0n) is 15.7. The molecule has 0 atom stereocenters. The van der Waals surface area contributed by atoms with Crippen molar-refractivity contribution in [3.63, 3.8) is 0 Å². The van der Waals surface area contributed by atoms with E-state index in [-0.39, 0.29) is 18.6 Å². The number of ether oxygens (including phenoxy) is 2. The molecule has 28 heavy (non-hydrogen) atoms. The Labute approximate surface area is 173 Å². The van der Waals surface area contributed by atoms with E-state index in [1.165, 1.54) is 0 Å². The molecule has 0 saturated carbocycles. The average Bonchev–Trinajstić information content (AvgIpc) is 2.67. The molecule has 0 radical (unpaired) electrons. The van der Waals surface area contributed by atoms with Gasteiger partial charge in [0.05, 0.1) is 16.7 Å². The highest BCUT2D eigenvalue weighted by molar-refractivity contribution is 6.39. The van der Waals surface area contributed by atoms with Crippen molar-refractivity contribution < 1.29 is 19.1 Å². The van der Waals surface area contributed by atoms with Gasteiger partial charge in [0.25, 0.3) is 5.91 Å². The summed E-state index contributed by atoms with van der Waals surface area (Å²) in [5.41, 5.74) is 1.31. The van der Waals surface area contributed by atoms with Crippen LogP contribution in [0.4, 0.5) is 4.79 Å². The Bertz CT molecular complexity index is 898. The van der Waals surface area contributed by atoms with Crippen molar-refractivity contribution in [2.75, 3.05) is 39.4 Å². The molecule has 1 fully saturated rings. The van der Waals surface area contributed by atoms with Crippen LogP contribution < -0.4 is 4.74 Å². The predicted molar refractivity (Wildman–Crippen MR) is 107 cm³/mol. The van der Waals surface area contributed by atoms with Crippen molar-refractivity contribution in [1.29, 1.82) is 0 Å². The number of hydrogen-bond donors (Lipinski definition) is 0. The number of hydrogen-bond acceptors (Lipinski definition) is 5. The standard InChI is InChI=1S/C19H21Cl2N3O4/c1-3-27-19(26)24-8-6-23(7-9-24)16(25)11-28-18-15(21)10-14(20)13-5-4-12(2)22-17(13)18/h4-5,10H,3,6-9,11H2,1-2H3. The molecule has 1 saturated heterocycles. The second-order valence-corrected chi connectivity index (χ2v) is 7.19. The number of nitrogens with zero attached hydrogens (tertiary/aromatic N) is 3. The Kier molecular flexibility index (Phi) is 6.46. The van der Waals surface area contributed by atoms with Crippen LogP contribution in [0.2, 0.25) is 10.0 Å². The lowest BCUT2D eigenvalue weighted by molar-refractivity contribution is -0.134. The monoisotopic (exact) mass is 425 g/mol. The van der Waals surface area contributed by atoms with Crippen LogP contribution in [-0.4, -0.2) is 66.2 Å². The highest BCUT2D eigenvalue weighted by Crippen LogP contribution is 2.37. The van der Waals surface area contributed by atoms with Gasteiger partial charge in [0.1, 0.15) is 5.52 Å². The van der Waals surface area contributed by atoms with Crippen molar-refractivity contribution in [3.8, 4) is 5.75 Å². The third kappa shape index (κ3) is 4.42. The minimum absolute atomic E-state index is 0.175. The Balaban J connectivity index is 1.66. The molecule has 0 spiro atoms. The van der Waals surface area contributed by atoms with Crippen LogP contribution in [0.5, 0.6) is 5.75 Å². The summed E-state index contributed by atoms with van der Waals surface area (Å²) >= 11 is 12.5. The smallest absolute Gasteiger partial charge is 0.409 e. The molecular weight excluding hydrogens is 405 g/mol. The maximum absolute atomic E-state index is 12.5. The zero-order valence-corrected chi connectivity index (χ0v) is 17.2. The molecule has 0 unspecified atom stereocenters. The Morgan fingerprint density at radius 2 is 1.79 bits per heavy atom. The van der Waals surface area contributed by atoms with Crippen LogP contribution in [0.15, 0.2) is 18.2 Å². The normalized spacial score (nSPS) is 14.3. The van der Waals surface area contributed by atoms with E-state index in [1.54, 1.807) is 22.8 Å². The number of carbonyl (C=O) groups is 2. The third-order valence-electron chi connectivity index (χ3n) is 4.48. The lowest BCUT2D eigenvalue weighted by Gasteiger charge is -2.34. The summed E-state index contributed by atoms with van der Waals surface area (Å²) in [6.07, 6.45) is -0.355. The Morgan fingerprint density at radius 1 is 1.11 bits per heavy atom. The topological polar surface area (TPSA) is 72.0 Å². The fraction of sp³-hybridized carbons (Fsp3) is 0.421. The molecule has 1 aliphatic heterocycles. The molecule has 150 valence electrons. The molecule has 2 aromatic rings. The first-order chi connectivity index (χ1) is 13.4. The number of fused-ring (bicyclic) bond motifs is 1. The second-order valence-electron chi connectivity index (χ2n) is 6.37. The van der Waals surface area contributed by atoms with Crippen LogP contribution in [0.25, 0.3) is 10.9 Å². The van der Waals surface area contributed by atoms with Gasteiger partial charge in [-0.1, -0.05) is 23.2 Å². The number of piperazine rings is 1. The molecule has 0 N–H and O–H groups in total. The molecule has 2 heterocycles. The number of halogens is 2. The van der Waals surface area contributed by atoms with E-state index in [9.17, 15) is 9.59 Å². The lowest BCUT2D eigenvalue weighted by Crippen LogP contribution is -2.51. The summed E-state index contributed by atoms with van der Waals surface area (Å²) in [5.74, 6) is 0.151. The summed E-state index contributed by atoms with van der Waals surface area (Å²) in [6, 6.07) is 5.28. The van der Waals surface area contributed by atoms with Gasteiger partial charge in [0.2, 0.25) is 0 Å². The molecular formula is C19H21Cl2N3O4. The molecule has 1 aromatic carbocycles. The first-order valence-electron chi connectivity index (χ1n) is 8.98. The molecule has 1 aliphatic rings. The van der Waals surface area contributed by atoms with Gasteiger partial charge in [-0.05, 0) is 32.0 Å². The quantitative estimate of drug-likeness (QED) is 0.748. The van der Waals surface area contributed by atoms with Crippen LogP contribution in [-0.2, 0) is 9.53 Å². The number of benzene rings is 1. The first-order valence-corrected chi connectivity index (χ1v) is 9.74. The van der Waals surface area contributed by atoms with Gasteiger partial charge < -0.3 is 19.3 Å². The van der Waals surface area contributed by atoms with Crippen molar-refractivity contribution in [3.05, 3.63) is 33.9 Å². The summed E-state index contributed by atoms with van der Waals surface area (Å²) in [4.78, 5) is 32.0. The fourth-order valence-corrected chi connectivity index (χ4v) is 3.58. The number of rotatable bonds is 4. The summed E-state index contributed by atoms with van der Waals surface area (Å²) < 4.78 is 10.7. The maximum Gasteiger partial charge on any atom is 0.409 e. The summed E-state index contributed by atoms with van der Waals surface area (Å²) in [5, 5.41) is 1.49. The van der Waals surface area contributed by atoms with Gasteiger partial charge in [0.15, 0.2) is 12.4 Å². The average molecular weight is 426 g/mol. The number of amides is 2. The lowest BCUT2D eigenvalue weighted by atomic mass is 10.2. The van der Waals surface area contributed by atoms with Gasteiger partial charge in [-0.2, -0.15) is 0 Å². The van der Waals surface area contributed by atoms with E-state index < -0.39 is 0 Å². The maximum atomic E-state index is 12.5. The summed E-state index contributed by atoms with van der Waals surface area (Å²) in [6.45, 7) is 5.47. The predicted octanol–water partition coefficient (Wildman–Crippen LogP) is 3.53. The van der Waals surface area contributed by atoms with Crippen LogP contribution in [0.3, 0.4) is 0 Å². The number of carbonyl (C=O) groups excluding carboxylic acids is 2. The van der Waals surface area contributed by atoms with Crippen molar-refractivity contribution in [2.24, 2.45) is 0 Å². The molecule has 9 heteroatoms. The van der Waals surface area contributed by atoms with E-state index in [1.807, 2.05) is 19.1 Å². The van der Waals surface area contributed by atoms with Crippen molar-refractivity contribution >= 4 is 46.1 Å². The SMILES string of the molecule is CCOC(=O)N1CCN(C(=O)COc2c(Cl)cc(Cl)c3ccc(C)nc23)CC1. The Morgan fingerprint density at radius 3 is 2.46 bits per heavy atom. The van der Waals surface area contributed by atoms with E-state index in [0.717, 1.165) is 5.69 Å². The van der Waals surface area contributed by atoms with Gasteiger partial charge in [-0.15, -0.1) is 0 Å². The summed E-state index contributed by atoms with van der Waals surface area (Å²) in [7, 11) is 0. The van der Waals surface area contributed by atoms with Gasteiger partial charge in [-0.25, -0.2) is 9.78 Å². The first kappa shape index (κ1) is 20.5. The van der Waals surface area contributed by atoms with Crippen molar-refractivity contribution in [1.82, 2.24) is 14.8 Å². The second kappa shape index (κ2) is 8.84. The molecule has 1 aromatic heterocycles. The van der Waals surface area contributed by atoms with E-state index in [4.69, 9.17) is 32.7 Å². The van der Waals surface area contributed by atoms with Crippen molar-refractivity contribution in [2.45, 2.75) is 13.8 Å². The Hall–Kier alpha value is -2.25. The fourth-order valence-electron chi connectivity index (χ4n) is 3.01. The largest absolute Gasteiger partial charge is 0.480 e. The van der Waals surface area contributed by atoms with E-state index in [2.05, 4.69) is 4.98 Å². The number of aryl methyl sites for hydroxylation is 1. The van der Waals surface area contributed by atoms with Crippen LogP contribution in [0.1, 0.15) is 12.6 Å². The van der Waals surface area contributed by atoms with Crippen LogP contribution in [0, 0.1) is 6.92 Å². The van der Waals surface area contributed by atoms with Gasteiger partial charge in [0, 0.05) is 37.3 Å². The van der Waals surface area contributed by atoms with E-state index in [0.29, 0.717) is 59.5 Å². The number of aromatic nitrogens is 1. The molecule has 2 amide bonds. The number of pyridine rings is 1. The van der Waals surface area contributed by atoms with E-state index >= 15 is 0 Å². The van der Waals surface area contributed by atoms with Crippen LogP contribution >= 0.6 is 23.2 Å². The molecule has 0 bridgehead atoms. The molecule has 0 aliphatic carbocycles. The van der Waals surface area contributed by atoms with Gasteiger partial charge >= 0.3 is 6.09 Å². The van der Waals surface area contributed by atoms with Gasteiger partial charge in [-0.3, -0.25) is 4.79 Å². The zero-order chi connectivity index (χ0) is 20.3. The third-order valence-corrected chi connectivity index (χ3v) is 5.07. The highest BCUT2D eigenvalue weighted by atomic mass is 35.5. The molecule has 7 nitrogen and oxygen atoms in total. The minimum Gasteiger partial charge on any atom is -0.480 e. The highest BCUT2D eigenvalue weighted by Gasteiger charge is 2.25.